The maximum atomic E-state index is 11.0. The summed E-state index contributed by atoms with van der Waals surface area (Å²) >= 11 is 0. The molecule has 0 saturated heterocycles. The maximum absolute atomic E-state index is 11.0. The van der Waals surface area contributed by atoms with Crippen LogP contribution in [0.3, 0.4) is 0 Å². The third-order valence-corrected chi connectivity index (χ3v) is 2.98. The molecule has 0 aliphatic heterocycles. The van der Waals surface area contributed by atoms with Crippen molar-refractivity contribution in [2.45, 2.75) is 25.7 Å². The second kappa shape index (κ2) is 1.74. The number of rotatable bonds is 1. The van der Waals surface area contributed by atoms with Gasteiger partial charge in [-0.25, -0.2) is 0 Å². The molecule has 2 saturated carbocycles. The quantitative estimate of drug-likeness (QED) is 0.574. The van der Waals surface area contributed by atoms with E-state index < -0.39 is 0 Å². The van der Waals surface area contributed by atoms with E-state index in [4.69, 9.17) is 5.73 Å². The molecule has 0 aromatic heterocycles. The summed E-state index contributed by atoms with van der Waals surface area (Å²) in [6.07, 6.45) is 6.49. The molecule has 2 fully saturated rings. The molecule has 10 heavy (non-hydrogen) atoms. The van der Waals surface area contributed by atoms with E-state index in [0.29, 0.717) is 0 Å². The van der Waals surface area contributed by atoms with Crippen molar-refractivity contribution in [3.63, 3.8) is 0 Å². The minimum Gasteiger partial charge on any atom is -0.369 e. The third kappa shape index (κ3) is 0.619. The van der Waals surface area contributed by atoms with Gasteiger partial charge in [0.15, 0.2) is 0 Å². The molecule has 2 heteroatoms. The summed E-state index contributed by atoms with van der Waals surface area (Å²) in [7, 11) is 0. The Hall–Kier alpha value is -0.530. The number of carbonyl (C=O) groups is 1. The summed E-state index contributed by atoms with van der Waals surface area (Å²) in [5, 5.41) is 0. The molecule has 1 radical (unpaired) electrons. The van der Waals surface area contributed by atoms with Gasteiger partial charge in [-0.15, -0.1) is 0 Å². The predicted molar refractivity (Wildman–Crippen MR) is 37.9 cm³/mol. The van der Waals surface area contributed by atoms with Gasteiger partial charge in [-0.1, -0.05) is 0 Å². The highest BCUT2D eigenvalue weighted by atomic mass is 16.1. The topological polar surface area (TPSA) is 43.1 Å². The number of hydrogen-bond acceptors (Lipinski definition) is 1. The van der Waals surface area contributed by atoms with Gasteiger partial charge in [-0.2, -0.15) is 0 Å². The van der Waals surface area contributed by atoms with Gasteiger partial charge in [0.1, 0.15) is 0 Å². The monoisotopic (exact) mass is 138 g/mol. The molecule has 2 atom stereocenters. The Morgan fingerprint density at radius 1 is 1.70 bits per heavy atom. The standard InChI is InChI=1S/C8H12NO/c9-7(10)8-3-1-6(5-8)2-4-8/h3,6H,1-2,4-5H2,(H2,9,10). The van der Waals surface area contributed by atoms with Crippen molar-refractivity contribution >= 4 is 5.91 Å². The lowest BCUT2D eigenvalue weighted by Gasteiger charge is -2.20. The molecule has 2 aliphatic carbocycles. The zero-order valence-electron chi connectivity index (χ0n) is 5.97. The van der Waals surface area contributed by atoms with Gasteiger partial charge in [-0.3, -0.25) is 4.79 Å². The number of primary amides is 1. The summed E-state index contributed by atoms with van der Waals surface area (Å²) in [5.74, 6) is 0.667. The molecule has 55 valence electrons. The van der Waals surface area contributed by atoms with Crippen LogP contribution in [0.5, 0.6) is 0 Å². The van der Waals surface area contributed by atoms with Crippen molar-refractivity contribution < 1.29 is 4.79 Å². The number of nitrogens with two attached hydrogens (primary N) is 1. The first-order chi connectivity index (χ1) is 4.73. The maximum Gasteiger partial charge on any atom is 0.223 e. The number of amides is 1. The van der Waals surface area contributed by atoms with Crippen LogP contribution in [0, 0.1) is 17.8 Å². The van der Waals surface area contributed by atoms with Crippen molar-refractivity contribution in [3.05, 3.63) is 6.42 Å². The Kier molecular flexibility index (Phi) is 1.08. The van der Waals surface area contributed by atoms with Crippen LogP contribution >= 0.6 is 0 Å². The number of carbonyl (C=O) groups excluding carboxylic acids is 1. The summed E-state index contributed by atoms with van der Waals surface area (Å²) in [5.41, 5.74) is 5.12. The molecule has 2 aliphatic rings. The molecule has 2 nitrogen and oxygen atoms in total. The largest absolute Gasteiger partial charge is 0.369 e. The summed E-state index contributed by atoms with van der Waals surface area (Å²) in [6, 6.07) is 0. The molecule has 0 aromatic carbocycles. The Balaban J connectivity index is 2.23. The fourth-order valence-electron chi connectivity index (χ4n) is 2.28. The van der Waals surface area contributed by atoms with Crippen molar-refractivity contribution in [1.29, 1.82) is 0 Å². The van der Waals surface area contributed by atoms with Gasteiger partial charge in [0.05, 0.1) is 5.41 Å². The lowest BCUT2D eigenvalue weighted by Crippen LogP contribution is -2.33. The Morgan fingerprint density at radius 3 is 2.70 bits per heavy atom. The van der Waals surface area contributed by atoms with Gasteiger partial charge < -0.3 is 5.73 Å². The van der Waals surface area contributed by atoms with E-state index in [1.165, 1.54) is 6.42 Å². The molecule has 1 amide bonds. The zero-order chi connectivity index (χ0) is 7.19. The summed E-state index contributed by atoms with van der Waals surface area (Å²) < 4.78 is 0. The summed E-state index contributed by atoms with van der Waals surface area (Å²) in [4.78, 5) is 11.0. The second-order valence-corrected chi connectivity index (χ2v) is 3.57. The molecule has 0 spiro atoms. The van der Waals surface area contributed by atoms with Crippen molar-refractivity contribution in [2.75, 3.05) is 0 Å². The van der Waals surface area contributed by atoms with E-state index in [2.05, 4.69) is 6.42 Å². The summed E-state index contributed by atoms with van der Waals surface area (Å²) in [6.45, 7) is 0. The van der Waals surface area contributed by atoms with Crippen LogP contribution < -0.4 is 5.73 Å². The molecule has 2 bridgehead atoms. The Labute approximate surface area is 60.8 Å². The zero-order valence-corrected chi connectivity index (χ0v) is 5.97. The van der Waals surface area contributed by atoms with Gasteiger partial charge in [0, 0.05) is 0 Å². The molecule has 0 aromatic rings. The van der Waals surface area contributed by atoms with Crippen LogP contribution in [0.4, 0.5) is 0 Å². The minimum absolute atomic E-state index is 0.104. The van der Waals surface area contributed by atoms with Gasteiger partial charge in [-0.05, 0) is 38.0 Å². The highest BCUT2D eigenvalue weighted by Crippen LogP contribution is 2.52. The normalized spacial score (nSPS) is 44.2. The van der Waals surface area contributed by atoms with E-state index >= 15 is 0 Å². The van der Waals surface area contributed by atoms with Gasteiger partial charge in [0.25, 0.3) is 0 Å². The first-order valence-electron chi connectivity index (χ1n) is 3.87. The van der Waals surface area contributed by atoms with Gasteiger partial charge in [0.2, 0.25) is 5.91 Å². The Morgan fingerprint density at radius 2 is 2.50 bits per heavy atom. The molecular weight excluding hydrogens is 126 g/mol. The number of fused-ring (bicyclic) bond motifs is 2. The molecule has 0 heterocycles. The van der Waals surface area contributed by atoms with Crippen molar-refractivity contribution in [1.82, 2.24) is 0 Å². The first kappa shape index (κ1) is 6.20. The highest BCUT2D eigenvalue weighted by molar-refractivity contribution is 5.83. The SMILES string of the molecule is NC(=O)C12[CH]CC(CC1)C2. The highest BCUT2D eigenvalue weighted by Gasteiger charge is 2.48. The molecule has 2 rings (SSSR count). The predicted octanol–water partition coefficient (Wildman–Crippen LogP) is 0.866. The van der Waals surface area contributed by atoms with E-state index in [9.17, 15) is 4.79 Å². The van der Waals surface area contributed by atoms with E-state index in [1.807, 2.05) is 0 Å². The average Bonchev–Trinajstić information content (AvgIpc) is 2.45. The van der Waals surface area contributed by atoms with Crippen molar-refractivity contribution in [3.8, 4) is 0 Å². The molecular formula is C8H12NO. The fraction of sp³-hybridized carbons (Fsp3) is 0.750. The molecule has 2 N–H and O–H groups in total. The lowest BCUT2D eigenvalue weighted by molar-refractivity contribution is -0.125. The van der Waals surface area contributed by atoms with Crippen LogP contribution in [-0.2, 0) is 4.79 Å². The van der Waals surface area contributed by atoms with Crippen LogP contribution in [0.2, 0.25) is 0 Å². The van der Waals surface area contributed by atoms with Crippen molar-refractivity contribution in [2.24, 2.45) is 17.1 Å². The first-order valence-corrected chi connectivity index (χ1v) is 3.87. The molecule has 2 unspecified atom stereocenters. The number of hydrogen-bond donors (Lipinski definition) is 1. The fourth-order valence-corrected chi connectivity index (χ4v) is 2.28. The Bertz CT molecular complexity index is 168. The van der Waals surface area contributed by atoms with E-state index in [0.717, 1.165) is 25.2 Å². The van der Waals surface area contributed by atoms with Crippen LogP contribution in [0.25, 0.3) is 0 Å². The van der Waals surface area contributed by atoms with E-state index in [-0.39, 0.29) is 11.3 Å². The average molecular weight is 138 g/mol. The van der Waals surface area contributed by atoms with Gasteiger partial charge >= 0.3 is 0 Å². The minimum atomic E-state index is -0.176. The van der Waals surface area contributed by atoms with Crippen LogP contribution in [-0.4, -0.2) is 5.91 Å². The van der Waals surface area contributed by atoms with Crippen LogP contribution in [0.15, 0.2) is 0 Å². The lowest BCUT2D eigenvalue weighted by atomic mass is 9.84. The van der Waals surface area contributed by atoms with Crippen LogP contribution in [0.1, 0.15) is 25.7 Å². The van der Waals surface area contributed by atoms with E-state index in [1.54, 1.807) is 0 Å². The second-order valence-electron chi connectivity index (χ2n) is 3.57. The smallest absolute Gasteiger partial charge is 0.223 e. The third-order valence-electron chi connectivity index (χ3n) is 2.98.